The molecule has 2 aliphatic rings. The van der Waals surface area contributed by atoms with E-state index in [1.54, 1.807) is 0 Å². The standard InChI is InChI=1S/C7H13NOS/c9-7-1-2-8-3-4-10-5-6(7)8/h6-7,9H,1-5H2. The second kappa shape index (κ2) is 2.72. The first-order valence-corrected chi connectivity index (χ1v) is 5.03. The summed E-state index contributed by atoms with van der Waals surface area (Å²) in [6.45, 7) is 2.30. The summed E-state index contributed by atoms with van der Waals surface area (Å²) in [5, 5.41) is 9.47. The van der Waals surface area contributed by atoms with Crippen molar-refractivity contribution < 1.29 is 5.11 Å². The molecule has 2 aliphatic heterocycles. The fourth-order valence-electron chi connectivity index (χ4n) is 1.78. The Labute approximate surface area is 65.6 Å². The van der Waals surface area contributed by atoms with Crippen molar-refractivity contribution >= 4 is 11.8 Å². The Morgan fingerprint density at radius 3 is 3.10 bits per heavy atom. The van der Waals surface area contributed by atoms with Crippen molar-refractivity contribution in [2.75, 3.05) is 24.6 Å². The SMILES string of the molecule is OC1CCN2CCSCC12. The summed E-state index contributed by atoms with van der Waals surface area (Å²) in [4.78, 5) is 2.42. The number of rotatable bonds is 0. The first-order valence-electron chi connectivity index (χ1n) is 3.88. The zero-order valence-corrected chi connectivity index (χ0v) is 6.81. The normalized spacial score (nSPS) is 41.7. The molecule has 10 heavy (non-hydrogen) atoms. The molecule has 0 spiro atoms. The molecule has 0 saturated carbocycles. The smallest absolute Gasteiger partial charge is 0.0715 e. The fraction of sp³-hybridized carbons (Fsp3) is 1.00. The lowest BCUT2D eigenvalue weighted by atomic mass is 10.2. The van der Waals surface area contributed by atoms with Gasteiger partial charge < -0.3 is 5.11 Å². The van der Waals surface area contributed by atoms with Crippen molar-refractivity contribution in [2.24, 2.45) is 0 Å². The van der Waals surface area contributed by atoms with E-state index in [0.717, 1.165) is 18.7 Å². The van der Waals surface area contributed by atoms with Crippen LogP contribution in [0, 0.1) is 0 Å². The van der Waals surface area contributed by atoms with Crippen molar-refractivity contribution in [3.63, 3.8) is 0 Å². The number of fused-ring (bicyclic) bond motifs is 1. The molecule has 0 amide bonds. The predicted molar refractivity (Wildman–Crippen MR) is 43.3 cm³/mol. The molecule has 1 N–H and O–H groups in total. The average molecular weight is 159 g/mol. The summed E-state index contributed by atoms with van der Waals surface area (Å²) in [5.41, 5.74) is 0. The van der Waals surface area contributed by atoms with Crippen LogP contribution < -0.4 is 0 Å². The molecule has 0 aromatic rings. The van der Waals surface area contributed by atoms with E-state index in [2.05, 4.69) is 4.90 Å². The van der Waals surface area contributed by atoms with Gasteiger partial charge in [-0.15, -0.1) is 0 Å². The van der Waals surface area contributed by atoms with Gasteiger partial charge in [-0.3, -0.25) is 4.90 Å². The molecule has 3 heteroatoms. The summed E-state index contributed by atoms with van der Waals surface area (Å²) in [7, 11) is 0. The molecule has 2 fully saturated rings. The Balaban J connectivity index is 2.01. The van der Waals surface area contributed by atoms with Gasteiger partial charge in [0.05, 0.1) is 6.10 Å². The first-order chi connectivity index (χ1) is 4.88. The number of aliphatic hydroxyl groups is 1. The van der Waals surface area contributed by atoms with E-state index in [4.69, 9.17) is 0 Å². The van der Waals surface area contributed by atoms with Gasteiger partial charge in [-0.1, -0.05) is 0 Å². The quantitative estimate of drug-likeness (QED) is 0.545. The maximum absolute atomic E-state index is 9.47. The van der Waals surface area contributed by atoms with Crippen molar-refractivity contribution in [3.05, 3.63) is 0 Å². The van der Waals surface area contributed by atoms with Crippen LogP contribution in [0.3, 0.4) is 0 Å². The number of nitrogens with zero attached hydrogens (tertiary/aromatic N) is 1. The average Bonchev–Trinajstić information content (AvgIpc) is 2.34. The minimum absolute atomic E-state index is 0.0344. The van der Waals surface area contributed by atoms with Gasteiger partial charge in [-0.25, -0.2) is 0 Å². The zero-order chi connectivity index (χ0) is 6.97. The summed E-state index contributed by atoms with van der Waals surface area (Å²) in [5.74, 6) is 2.39. The van der Waals surface area contributed by atoms with E-state index < -0.39 is 0 Å². The van der Waals surface area contributed by atoms with Crippen LogP contribution >= 0.6 is 11.8 Å². The third-order valence-electron chi connectivity index (χ3n) is 2.44. The molecular weight excluding hydrogens is 146 g/mol. The Morgan fingerprint density at radius 2 is 2.30 bits per heavy atom. The lowest BCUT2D eigenvalue weighted by Crippen LogP contribution is -2.41. The molecule has 2 saturated heterocycles. The Kier molecular flexibility index (Phi) is 1.89. The summed E-state index contributed by atoms with van der Waals surface area (Å²) < 4.78 is 0. The molecule has 58 valence electrons. The highest BCUT2D eigenvalue weighted by Gasteiger charge is 2.34. The predicted octanol–water partition coefficient (Wildman–Crippen LogP) is 0.168. The van der Waals surface area contributed by atoms with E-state index in [9.17, 15) is 5.11 Å². The fourth-order valence-corrected chi connectivity index (χ4v) is 2.98. The molecular formula is C7H13NOS. The number of hydrogen-bond acceptors (Lipinski definition) is 3. The van der Waals surface area contributed by atoms with Crippen LogP contribution in [0.4, 0.5) is 0 Å². The molecule has 0 radical (unpaired) electrons. The van der Waals surface area contributed by atoms with Crippen LogP contribution in [-0.4, -0.2) is 46.7 Å². The second-order valence-corrected chi connectivity index (χ2v) is 4.18. The van der Waals surface area contributed by atoms with Gasteiger partial charge >= 0.3 is 0 Å². The largest absolute Gasteiger partial charge is 0.391 e. The lowest BCUT2D eigenvalue weighted by molar-refractivity contribution is 0.129. The highest BCUT2D eigenvalue weighted by Crippen LogP contribution is 2.25. The van der Waals surface area contributed by atoms with Crippen LogP contribution in [0.15, 0.2) is 0 Å². The van der Waals surface area contributed by atoms with Crippen molar-refractivity contribution in [3.8, 4) is 0 Å². The maximum atomic E-state index is 9.47. The van der Waals surface area contributed by atoms with Gasteiger partial charge in [-0.05, 0) is 6.42 Å². The van der Waals surface area contributed by atoms with Crippen LogP contribution in [-0.2, 0) is 0 Å². The molecule has 0 bridgehead atoms. The Bertz CT molecular complexity index is 129. The molecule has 2 unspecified atom stereocenters. The molecule has 2 rings (SSSR count). The number of aliphatic hydroxyl groups excluding tert-OH is 1. The molecule has 2 atom stereocenters. The van der Waals surface area contributed by atoms with Crippen LogP contribution in [0.25, 0.3) is 0 Å². The lowest BCUT2D eigenvalue weighted by Gasteiger charge is -2.29. The van der Waals surface area contributed by atoms with Gasteiger partial charge in [0.1, 0.15) is 0 Å². The van der Waals surface area contributed by atoms with Gasteiger partial charge in [0.25, 0.3) is 0 Å². The minimum Gasteiger partial charge on any atom is -0.391 e. The number of thioether (sulfide) groups is 1. The third kappa shape index (κ3) is 1.06. The minimum atomic E-state index is -0.0344. The second-order valence-electron chi connectivity index (χ2n) is 3.03. The van der Waals surface area contributed by atoms with Gasteiger partial charge in [-0.2, -0.15) is 11.8 Å². The highest BCUT2D eigenvalue weighted by atomic mass is 32.2. The van der Waals surface area contributed by atoms with Crippen molar-refractivity contribution in [1.29, 1.82) is 0 Å². The van der Waals surface area contributed by atoms with Crippen molar-refractivity contribution in [2.45, 2.75) is 18.6 Å². The van der Waals surface area contributed by atoms with E-state index in [-0.39, 0.29) is 6.10 Å². The van der Waals surface area contributed by atoms with Crippen LogP contribution in [0.5, 0.6) is 0 Å². The van der Waals surface area contributed by atoms with E-state index in [1.807, 2.05) is 11.8 Å². The zero-order valence-electron chi connectivity index (χ0n) is 5.99. The first kappa shape index (κ1) is 6.95. The molecule has 2 nitrogen and oxygen atoms in total. The molecule has 0 aliphatic carbocycles. The van der Waals surface area contributed by atoms with Crippen molar-refractivity contribution in [1.82, 2.24) is 4.90 Å². The molecule has 0 aromatic heterocycles. The third-order valence-corrected chi connectivity index (χ3v) is 3.49. The Hall–Kier alpha value is 0.270. The van der Waals surface area contributed by atoms with E-state index in [1.165, 1.54) is 12.3 Å². The summed E-state index contributed by atoms with van der Waals surface area (Å²) in [6, 6.07) is 0.485. The Morgan fingerprint density at radius 1 is 1.40 bits per heavy atom. The highest BCUT2D eigenvalue weighted by molar-refractivity contribution is 7.99. The van der Waals surface area contributed by atoms with Gasteiger partial charge in [0.15, 0.2) is 0 Å². The molecule has 0 aromatic carbocycles. The maximum Gasteiger partial charge on any atom is 0.0715 e. The van der Waals surface area contributed by atoms with Gasteiger partial charge in [0.2, 0.25) is 0 Å². The number of hydrogen-bond donors (Lipinski definition) is 1. The van der Waals surface area contributed by atoms with Gasteiger partial charge in [0, 0.05) is 30.6 Å². The van der Waals surface area contributed by atoms with E-state index in [0.29, 0.717) is 6.04 Å². The topological polar surface area (TPSA) is 23.5 Å². The van der Waals surface area contributed by atoms with Crippen LogP contribution in [0.1, 0.15) is 6.42 Å². The van der Waals surface area contributed by atoms with E-state index >= 15 is 0 Å². The molecule has 2 heterocycles. The monoisotopic (exact) mass is 159 g/mol. The summed E-state index contributed by atoms with van der Waals surface area (Å²) >= 11 is 1.97. The van der Waals surface area contributed by atoms with Crippen LogP contribution in [0.2, 0.25) is 0 Å². The summed E-state index contributed by atoms with van der Waals surface area (Å²) in [6.07, 6.45) is 0.957.